The van der Waals surface area contributed by atoms with Crippen LogP contribution in [0, 0.1) is 17.0 Å². The Hall–Kier alpha value is -1.99. The number of amides is 1. The lowest BCUT2D eigenvalue weighted by molar-refractivity contribution is -0.384. The summed E-state index contributed by atoms with van der Waals surface area (Å²) >= 11 is 0. The molecule has 0 saturated carbocycles. The number of nitrogens with zero attached hydrogens (tertiary/aromatic N) is 2. The number of rotatable bonds is 5. The van der Waals surface area contributed by atoms with E-state index in [9.17, 15) is 14.9 Å². The van der Waals surface area contributed by atoms with E-state index in [0.717, 1.165) is 25.9 Å². The Morgan fingerprint density at radius 3 is 2.95 bits per heavy atom. The minimum atomic E-state index is -0.472. The molecule has 22 heavy (non-hydrogen) atoms. The second kappa shape index (κ2) is 7.33. The molecule has 1 aromatic rings. The summed E-state index contributed by atoms with van der Waals surface area (Å²) in [5, 5.41) is 17.0. The summed E-state index contributed by atoms with van der Waals surface area (Å²) in [5.74, 6) is -0.214. The first-order valence-corrected chi connectivity index (χ1v) is 7.44. The van der Waals surface area contributed by atoms with Crippen molar-refractivity contribution in [1.29, 1.82) is 0 Å². The highest BCUT2D eigenvalue weighted by Crippen LogP contribution is 2.27. The lowest BCUT2D eigenvalue weighted by atomic mass is 10.1. The number of piperidine rings is 1. The van der Waals surface area contributed by atoms with Crippen LogP contribution in [-0.4, -0.2) is 48.5 Å². The Balaban J connectivity index is 2.02. The van der Waals surface area contributed by atoms with Gasteiger partial charge in [0, 0.05) is 18.7 Å². The predicted octanol–water partition coefficient (Wildman–Crippen LogP) is 1.53. The maximum atomic E-state index is 12.2. The Kier molecular flexibility index (Phi) is 5.46. The van der Waals surface area contributed by atoms with Gasteiger partial charge >= 0.3 is 0 Å². The smallest absolute Gasteiger partial charge is 0.293 e. The zero-order valence-corrected chi connectivity index (χ0v) is 13.0. The van der Waals surface area contributed by atoms with Gasteiger partial charge in [-0.15, -0.1) is 0 Å². The zero-order valence-electron chi connectivity index (χ0n) is 13.0. The molecule has 1 fully saturated rings. The quantitative estimate of drug-likeness (QED) is 0.636. The molecule has 2 N–H and O–H groups in total. The average Bonchev–Trinajstić information content (AvgIpc) is 2.49. The van der Waals surface area contributed by atoms with Crippen molar-refractivity contribution in [2.75, 3.05) is 32.0 Å². The Morgan fingerprint density at radius 1 is 1.50 bits per heavy atom. The summed E-state index contributed by atoms with van der Waals surface area (Å²) in [6.45, 7) is 3.70. The number of likely N-dealkylation sites (tertiary alicyclic amines) is 1. The van der Waals surface area contributed by atoms with E-state index in [1.54, 1.807) is 19.1 Å². The van der Waals surface area contributed by atoms with E-state index in [2.05, 4.69) is 15.5 Å². The van der Waals surface area contributed by atoms with E-state index in [0.29, 0.717) is 17.3 Å². The first-order valence-electron chi connectivity index (χ1n) is 7.44. The van der Waals surface area contributed by atoms with Crippen molar-refractivity contribution >= 4 is 17.3 Å². The molecule has 1 aliphatic heterocycles. The summed E-state index contributed by atoms with van der Waals surface area (Å²) in [7, 11) is 1.92. The lowest BCUT2D eigenvalue weighted by Crippen LogP contribution is -2.46. The molecule has 1 aromatic carbocycles. The van der Waals surface area contributed by atoms with E-state index in [-0.39, 0.29) is 18.1 Å². The van der Waals surface area contributed by atoms with E-state index < -0.39 is 4.92 Å². The summed E-state index contributed by atoms with van der Waals surface area (Å²) in [6, 6.07) is 5.17. The van der Waals surface area contributed by atoms with Gasteiger partial charge in [0.25, 0.3) is 5.69 Å². The Labute approximate surface area is 129 Å². The van der Waals surface area contributed by atoms with Crippen LogP contribution < -0.4 is 10.6 Å². The van der Waals surface area contributed by atoms with E-state index in [1.165, 1.54) is 6.07 Å². The maximum absolute atomic E-state index is 12.2. The highest BCUT2D eigenvalue weighted by atomic mass is 16.6. The van der Waals surface area contributed by atoms with Crippen LogP contribution >= 0.6 is 0 Å². The van der Waals surface area contributed by atoms with Gasteiger partial charge in [0.1, 0.15) is 5.69 Å². The number of likely N-dealkylation sites (N-methyl/N-ethyl adjacent to an activating group) is 1. The third kappa shape index (κ3) is 4.02. The molecular weight excluding hydrogens is 284 g/mol. The van der Waals surface area contributed by atoms with Gasteiger partial charge in [-0.25, -0.2) is 0 Å². The molecule has 1 aliphatic rings. The van der Waals surface area contributed by atoms with Crippen molar-refractivity contribution in [1.82, 2.24) is 10.2 Å². The molecule has 120 valence electrons. The van der Waals surface area contributed by atoms with E-state index in [4.69, 9.17) is 0 Å². The van der Waals surface area contributed by atoms with Crippen molar-refractivity contribution in [3.8, 4) is 0 Å². The highest BCUT2D eigenvalue weighted by molar-refractivity contribution is 5.95. The first kappa shape index (κ1) is 16.4. The van der Waals surface area contributed by atoms with Crippen molar-refractivity contribution < 1.29 is 9.72 Å². The summed E-state index contributed by atoms with van der Waals surface area (Å²) < 4.78 is 0. The number of hydrogen-bond acceptors (Lipinski definition) is 5. The number of carbonyl (C=O) groups is 1. The topological polar surface area (TPSA) is 87.5 Å². The number of anilines is 1. The minimum absolute atomic E-state index is 0.0694. The van der Waals surface area contributed by atoms with Crippen LogP contribution in [0.15, 0.2) is 18.2 Å². The second-order valence-electron chi connectivity index (χ2n) is 5.64. The second-order valence-corrected chi connectivity index (χ2v) is 5.64. The van der Waals surface area contributed by atoms with Crippen molar-refractivity contribution in [2.45, 2.75) is 25.8 Å². The molecule has 1 saturated heterocycles. The molecule has 7 heteroatoms. The number of nitro benzene ring substituents is 1. The molecular formula is C15H22N4O3. The number of carbonyl (C=O) groups excluding carboxylic acids is 1. The average molecular weight is 306 g/mol. The number of hydrogen-bond donors (Lipinski definition) is 2. The SMILES string of the molecule is CNC1CCCN(CC(=O)Nc2c(C)cccc2[N+](=O)[O-])C1. The van der Waals surface area contributed by atoms with Crippen LogP contribution in [0.5, 0.6) is 0 Å². The predicted molar refractivity (Wildman–Crippen MR) is 85.0 cm³/mol. The third-order valence-electron chi connectivity index (χ3n) is 3.99. The molecule has 0 bridgehead atoms. The largest absolute Gasteiger partial charge is 0.319 e. The number of aryl methyl sites for hydroxylation is 1. The van der Waals surface area contributed by atoms with Crippen LogP contribution in [0.3, 0.4) is 0 Å². The van der Waals surface area contributed by atoms with Crippen LogP contribution in [0.1, 0.15) is 18.4 Å². The number of nitro groups is 1. The molecule has 1 unspecified atom stereocenters. The van der Waals surface area contributed by atoms with Gasteiger partial charge < -0.3 is 10.6 Å². The zero-order chi connectivity index (χ0) is 16.1. The van der Waals surface area contributed by atoms with Gasteiger partial charge in [-0.1, -0.05) is 12.1 Å². The van der Waals surface area contributed by atoms with Crippen LogP contribution in [0.4, 0.5) is 11.4 Å². The highest BCUT2D eigenvalue weighted by Gasteiger charge is 2.22. The molecule has 0 spiro atoms. The fourth-order valence-corrected chi connectivity index (χ4v) is 2.78. The number of nitrogens with one attached hydrogen (secondary N) is 2. The maximum Gasteiger partial charge on any atom is 0.293 e. The van der Waals surface area contributed by atoms with Crippen molar-refractivity contribution in [3.63, 3.8) is 0 Å². The van der Waals surface area contributed by atoms with Gasteiger partial charge in [-0.3, -0.25) is 19.8 Å². The van der Waals surface area contributed by atoms with Gasteiger partial charge in [0.15, 0.2) is 0 Å². The lowest BCUT2D eigenvalue weighted by Gasteiger charge is -2.31. The standard InChI is InChI=1S/C15H22N4O3/c1-11-5-3-7-13(19(21)22)15(11)17-14(20)10-18-8-4-6-12(9-18)16-2/h3,5,7,12,16H,4,6,8-10H2,1-2H3,(H,17,20). The normalized spacial score (nSPS) is 18.9. The van der Waals surface area contributed by atoms with Gasteiger partial charge in [-0.05, 0) is 38.9 Å². The molecule has 1 amide bonds. The van der Waals surface area contributed by atoms with Crippen LogP contribution in [0.2, 0.25) is 0 Å². The molecule has 0 aliphatic carbocycles. The third-order valence-corrected chi connectivity index (χ3v) is 3.99. The van der Waals surface area contributed by atoms with Crippen molar-refractivity contribution in [3.05, 3.63) is 33.9 Å². The van der Waals surface area contributed by atoms with Gasteiger partial charge in [0.2, 0.25) is 5.91 Å². The fraction of sp³-hybridized carbons (Fsp3) is 0.533. The Morgan fingerprint density at radius 2 is 2.27 bits per heavy atom. The number of benzene rings is 1. The summed E-state index contributed by atoms with van der Waals surface area (Å²) in [5.41, 5.74) is 0.911. The van der Waals surface area contributed by atoms with Crippen molar-refractivity contribution in [2.24, 2.45) is 0 Å². The van der Waals surface area contributed by atoms with E-state index in [1.807, 2.05) is 7.05 Å². The molecule has 0 radical (unpaired) electrons. The molecule has 2 rings (SSSR count). The van der Waals surface area contributed by atoms with Gasteiger partial charge in [0.05, 0.1) is 11.5 Å². The van der Waals surface area contributed by atoms with Crippen LogP contribution in [-0.2, 0) is 4.79 Å². The van der Waals surface area contributed by atoms with E-state index >= 15 is 0 Å². The fourth-order valence-electron chi connectivity index (χ4n) is 2.78. The number of para-hydroxylation sites is 1. The monoisotopic (exact) mass is 306 g/mol. The minimum Gasteiger partial charge on any atom is -0.319 e. The Bertz CT molecular complexity index is 562. The summed E-state index contributed by atoms with van der Waals surface area (Å²) in [6.07, 6.45) is 2.15. The first-order chi connectivity index (χ1) is 10.5. The molecule has 0 aromatic heterocycles. The summed E-state index contributed by atoms with van der Waals surface area (Å²) in [4.78, 5) is 24.9. The van der Waals surface area contributed by atoms with Crippen LogP contribution in [0.25, 0.3) is 0 Å². The molecule has 1 atom stereocenters. The molecule has 1 heterocycles. The molecule has 7 nitrogen and oxygen atoms in total. The van der Waals surface area contributed by atoms with Gasteiger partial charge in [-0.2, -0.15) is 0 Å².